The molecule has 0 saturated carbocycles. The molecule has 2 aromatic rings. The minimum Gasteiger partial charge on any atom is -0.217 e. The van der Waals surface area contributed by atoms with Gasteiger partial charge < -0.3 is 0 Å². The fourth-order valence-electron chi connectivity index (χ4n) is 1.19. The predicted molar refractivity (Wildman–Crippen MR) is 51.5 cm³/mol. The van der Waals surface area contributed by atoms with Crippen LogP contribution >= 0.6 is 10.7 Å². The van der Waals surface area contributed by atoms with Crippen LogP contribution in [0.4, 0.5) is 0 Å². The van der Waals surface area contributed by atoms with E-state index in [2.05, 4.69) is 10.3 Å². The van der Waals surface area contributed by atoms with Gasteiger partial charge in [-0.2, -0.15) is 0 Å². The lowest BCUT2D eigenvalue weighted by Gasteiger charge is -2.00. The quantitative estimate of drug-likeness (QED) is 0.717. The Kier molecular flexibility index (Phi) is 2.16. The van der Waals surface area contributed by atoms with Gasteiger partial charge in [0, 0.05) is 10.7 Å². The van der Waals surface area contributed by atoms with E-state index in [0.29, 0.717) is 5.69 Å². The van der Waals surface area contributed by atoms with E-state index >= 15 is 0 Å². The van der Waals surface area contributed by atoms with E-state index in [0.717, 1.165) is 5.52 Å². The second-order valence-corrected chi connectivity index (χ2v) is 5.55. The predicted octanol–water partition coefficient (Wildman–Crippen LogP) is 0.798. The number of nitrogens with zero attached hydrogens (tertiary/aromatic N) is 3. The average molecular weight is 232 g/mol. The second kappa shape index (κ2) is 3.21. The average Bonchev–Trinajstić information content (AvgIpc) is 2.49. The highest BCUT2D eigenvalue weighted by atomic mass is 35.7. The molecule has 74 valence electrons. The van der Waals surface area contributed by atoms with E-state index in [-0.39, 0.29) is 5.75 Å². The highest BCUT2D eigenvalue weighted by molar-refractivity contribution is 8.13. The first-order valence-electron chi connectivity index (χ1n) is 3.77. The first kappa shape index (κ1) is 9.42. The molecule has 0 aliphatic carbocycles. The van der Waals surface area contributed by atoms with E-state index in [1.165, 1.54) is 4.52 Å². The molecule has 0 unspecified atom stereocenters. The van der Waals surface area contributed by atoms with Crippen LogP contribution in [0.1, 0.15) is 5.69 Å². The van der Waals surface area contributed by atoms with Gasteiger partial charge in [-0.15, -0.1) is 5.10 Å². The summed E-state index contributed by atoms with van der Waals surface area (Å²) in [6, 6.07) is 5.15. The van der Waals surface area contributed by atoms with E-state index in [1.54, 1.807) is 24.4 Å². The molecule has 0 aromatic carbocycles. The number of pyridine rings is 1. The van der Waals surface area contributed by atoms with Crippen LogP contribution in [0.2, 0.25) is 0 Å². The van der Waals surface area contributed by atoms with Gasteiger partial charge in [0.05, 0.1) is 17.4 Å². The number of halogens is 1. The summed E-state index contributed by atoms with van der Waals surface area (Å²) in [5.41, 5.74) is 1.23. The van der Waals surface area contributed by atoms with Gasteiger partial charge in [-0.05, 0) is 12.1 Å². The van der Waals surface area contributed by atoms with Gasteiger partial charge in [0.15, 0.2) is 0 Å². The van der Waals surface area contributed by atoms with Crippen molar-refractivity contribution in [2.45, 2.75) is 5.75 Å². The lowest BCUT2D eigenvalue weighted by atomic mass is 10.3. The van der Waals surface area contributed by atoms with Crippen LogP contribution in [-0.2, 0) is 14.8 Å². The largest absolute Gasteiger partial charge is 0.238 e. The molecule has 0 atom stereocenters. The zero-order chi connectivity index (χ0) is 10.2. The number of hydrogen-bond acceptors (Lipinski definition) is 4. The molecule has 0 amide bonds. The highest BCUT2D eigenvalue weighted by Gasteiger charge is 2.10. The summed E-state index contributed by atoms with van der Waals surface area (Å²) in [6.07, 6.45) is 1.55. The Labute approximate surface area is 84.7 Å². The zero-order valence-corrected chi connectivity index (χ0v) is 8.53. The van der Waals surface area contributed by atoms with Crippen molar-refractivity contribution < 1.29 is 8.42 Å². The zero-order valence-electron chi connectivity index (χ0n) is 6.96. The van der Waals surface area contributed by atoms with Gasteiger partial charge >= 0.3 is 0 Å². The fraction of sp³-hybridized carbons (Fsp3) is 0.143. The summed E-state index contributed by atoms with van der Waals surface area (Å²) in [4.78, 5) is 0. The van der Waals surface area contributed by atoms with Crippen LogP contribution in [-0.4, -0.2) is 23.2 Å². The second-order valence-electron chi connectivity index (χ2n) is 2.77. The van der Waals surface area contributed by atoms with Crippen LogP contribution in [0, 0.1) is 0 Å². The Morgan fingerprint density at radius 2 is 2.21 bits per heavy atom. The molecule has 0 aliphatic rings. The molecule has 2 rings (SSSR count). The Morgan fingerprint density at radius 3 is 2.93 bits per heavy atom. The van der Waals surface area contributed by atoms with Crippen LogP contribution in [0.3, 0.4) is 0 Å². The summed E-state index contributed by atoms with van der Waals surface area (Å²) in [6.45, 7) is 0. The fourth-order valence-corrected chi connectivity index (χ4v) is 2.10. The van der Waals surface area contributed by atoms with Crippen molar-refractivity contribution in [2.75, 3.05) is 0 Å². The smallest absolute Gasteiger partial charge is 0.217 e. The molecule has 0 fully saturated rings. The minimum absolute atomic E-state index is 0.255. The monoisotopic (exact) mass is 231 g/mol. The van der Waals surface area contributed by atoms with Crippen molar-refractivity contribution in [3.8, 4) is 0 Å². The third-order valence-corrected chi connectivity index (χ3v) is 2.69. The molecule has 0 aliphatic heterocycles. The number of hydrogen-bond donors (Lipinski definition) is 0. The summed E-state index contributed by atoms with van der Waals surface area (Å²) >= 11 is 0. The standard InChI is InChI=1S/C7H6ClN3O2S/c8-14(12,13)5-7-3-1-2-6-4-9-10-11(6)7/h1-4H,5H2. The topological polar surface area (TPSA) is 64.3 Å². The Morgan fingerprint density at radius 1 is 1.43 bits per heavy atom. The number of rotatable bonds is 2. The third-order valence-electron chi connectivity index (χ3n) is 1.72. The van der Waals surface area contributed by atoms with Gasteiger partial charge in [0.2, 0.25) is 9.05 Å². The molecule has 2 heterocycles. The first-order valence-corrected chi connectivity index (χ1v) is 6.25. The molecule has 2 aromatic heterocycles. The van der Waals surface area contributed by atoms with Crippen molar-refractivity contribution >= 4 is 25.2 Å². The molecule has 7 heteroatoms. The Balaban J connectivity index is 2.57. The van der Waals surface area contributed by atoms with E-state index < -0.39 is 9.05 Å². The van der Waals surface area contributed by atoms with Gasteiger partial charge in [-0.1, -0.05) is 11.3 Å². The maximum atomic E-state index is 10.9. The van der Waals surface area contributed by atoms with Crippen molar-refractivity contribution in [1.82, 2.24) is 14.8 Å². The number of fused-ring (bicyclic) bond motifs is 1. The summed E-state index contributed by atoms with van der Waals surface area (Å²) in [5.74, 6) is -0.255. The van der Waals surface area contributed by atoms with Crippen molar-refractivity contribution in [3.05, 3.63) is 30.1 Å². The Hall–Kier alpha value is -1.14. The first-order chi connectivity index (χ1) is 6.56. The summed E-state index contributed by atoms with van der Waals surface area (Å²) < 4.78 is 23.2. The van der Waals surface area contributed by atoms with Crippen LogP contribution in [0.25, 0.3) is 5.52 Å². The lowest BCUT2D eigenvalue weighted by molar-refractivity contribution is 0.607. The normalized spacial score (nSPS) is 12.1. The summed E-state index contributed by atoms with van der Waals surface area (Å²) in [7, 11) is 1.58. The third kappa shape index (κ3) is 1.85. The molecular formula is C7H6ClN3O2S. The summed E-state index contributed by atoms with van der Waals surface area (Å²) in [5, 5.41) is 7.41. The van der Waals surface area contributed by atoms with Gasteiger partial charge in [0.25, 0.3) is 0 Å². The van der Waals surface area contributed by atoms with Gasteiger partial charge in [0.1, 0.15) is 5.75 Å². The van der Waals surface area contributed by atoms with Gasteiger partial charge in [-0.3, -0.25) is 0 Å². The van der Waals surface area contributed by atoms with Crippen LogP contribution < -0.4 is 0 Å². The maximum Gasteiger partial charge on any atom is 0.238 e. The van der Waals surface area contributed by atoms with E-state index in [4.69, 9.17) is 10.7 Å². The molecule has 0 bridgehead atoms. The lowest BCUT2D eigenvalue weighted by Crippen LogP contribution is -2.03. The van der Waals surface area contributed by atoms with Gasteiger partial charge in [-0.25, -0.2) is 12.9 Å². The molecule has 0 N–H and O–H groups in total. The van der Waals surface area contributed by atoms with E-state index in [1.807, 2.05) is 0 Å². The molecule has 14 heavy (non-hydrogen) atoms. The molecule has 0 radical (unpaired) electrons. The molecule has 5 nitrogen and oxygen atoms in total. The van der Waals surface area contributed by atoms with Crippen molar-refractivity contribution in [1.29, 1.82) is 0 Å². The molecule has 0 spiro atoms. The molecular weight excluding hydrogens is 226 g/mol. The number of aromatic nitrogens is 3. The molecule has 0 saturated heterocycles. The van der Waals surface area contributed by atoms with E-state index in [9.17, 15) is 8.42 Å². The SMILES string of the molecule is O=S(=O)(Cl)Cc1cccc2cnnn12. The van der Waals surface area contributed by atoms with Crippen LogP contribution in [0.5, 0.6) is 0 Å². The van der Waals surface area contributed by atoms with Crippen molar-refractivity contribution in [2.24, 2.45) is 0 Å². The highest BCUT2D eigenvalue weighted by Crippen LogP contribution is 2.10. The van der Waals surface area contributed by atoms with Crippen molar-refractivity contribution in [3.63, 3.8) is 0 Å². The Bertz CT molecular complexity index is 563. The maximum absolute atomic E-state index is 10.9. The van der Waals surface area contributed by atoms with Crippen LogP contribution in [0.15, 0.2) is 24.4 Å². The minimum atomic E-state index is -3.56.